The Balaban J connectivity index is 2.03. The zero-order valence-electron chi connectivity index (χ0n) is 18.0. The van der Waals surface area contributed by atoms with Gasteiger partial charge in [-0.05, 0) is 94.8 Å². The van der Waals surface area contributed by atoms with E-state index >= 15 is 0 Å². The van der Waals surface area contributed by atoms with Gasteiger partial charge in [0.1, 0.15) is 11.5 Å². The maximum atomic E-state index is 10.4. The van der Waals surface area contributed by atoms with Gasteiger partial charge in [-0.15, -0.1) is 0 Å². The predicted octanol–water partition coefficient (Wildman–Crippen LogP) is 7.39. The van der Waals surface area contributed by atoms with Crippen molar-refractivity contribution in [3.05, 3.63) is 59.7 Å². The lowest BCUT2D eigenvalue weighted by Gasteiger charge is -2.35. The molecule has 0 radical (unpaired) electrons. The van der Waals surface area contributed by atoms with Crippen LogP contribution >= 0.6 is 0 Å². The van der Waals surface area contributed by atoms with Crippen molar-refractivity contribution >= 4 is 10.8 Å². The van der Waals surface area contributed by atoms with Crippen LogP contribution in [0.4, 0.5) is 0 Å². The fourth-order valence-electron chi connectivity index (χ4n) is 5.07. The van der Waals surface area contributed by atoms with Crippen molar-refractivity contribution < 1.29 is 10.2 Å². The summed E-state index contributed by atoms with van der Waals surface area (Å²) in [4.78, 5) is 0. The van der Waals surface area contributed by atoms with Crippen LogP contribution in [0.3, 0.4) is 0 Å². The van der Waals surface area contributed by atoms with Crippen molar-refractivity contribution in [1.29, 1.82) is 0 Å². The van der Waals surface area contributed by atoms with Gasteiger partial charge in [0.05, 0.1) is 0 Å². The second-order valence-electron chi connectivity index (χ2n) is 9.57. The van der Waals surface area contributed by atoms with Crippen LogP contribution in [-0.4, -0.2) is 10.2 Å². The van der Waals surface area contributed by atoms with Crippen LogP contribution < -0.4 is 0 Å². The number of aromatic hydroxyl groups is 2. The average molecular weight is 389 g/mol. The molecule has 3 aromatic rings. The molecule has 1 aliphatic carbocycles. The van der Waals surface area contributed by atoms with Crippen LogP contribution in [0.15, 0.2) is 48.5 Å². The minimum Gasteiger partial charge on any atom is -0.508 e. The Bertz CT molecular complexity index is 1030. The van der Waals surface area contributed by atoms with Crippen LogP contribution in [-0.2, 0) is 5.41 Å². The van der Waals surface area contributed by atoms with Gasteiger partial charge in [0, 0.05) is 5.41 Å². The normalized spacial score (nSPS) is 14.6. The van der Waals surface area contributed by atoms with E-state index in [1.165, 1.54) is 27.6 Å². The van der Waals surface area contributed by atoms with Gasteiger partial charge in [0.25, 0.3) is 0 Å². The molecule has 0 fully saturated rings. The molecule has 4 rings (SSSR count). The maximum absolute atomic E-state index is 10.4. The largest absolute Gasteiger partial charge is 0.508 e. The Kier molecular flexibility index (Phi) is 5.06. The predicted molar refractivity (Wildman–Crippen MR) is 122 cm³/mol. The third kappa shape index (κ3) is 3.39. The number of rotatable bonds is 6. The molecule has 3 aromatic carbocycles. The Hall–Kier alpha value is -2.48. The number of phenols is 2. The highest BCUT2D eigenvalue weighted by atomic mass is 16.3. The van der Waals surface area contributed by atoms with E-state index in [9.17, 15) is 10.2 Å². The Morgan fingerprint density at radius 1 is 0.724 bits per heavy atom. The number of hydrogen-bond acceptors (Lipinski definition) is 2. The second kappa shape index (κ2) is 7.40. The summed E-state index contributed by atoms with van der Waals surface area (Å²) >= 11 is 0. The summed E-state index contributed by atoms with van der Waals surface area (Å²) in [6.07, 6.45) is 4.42. The van der Waals surface area contributed by atoms with Crippen molar-refractivity contribution in [2.75, 3.05) is 0 Å². The molecule has 29 heavy (non-hydrogen) atoms. The lowest BCUT2D eigenvalue weighted by Crippen LogP contribution is -2.27. The molecule has 152 valence electrons. The molecule has 0 spiro atoms. The average Bonchev–Trinajstić information content (AvgIpc) is 2.94. The highest BCUT2D eigenvalue weighted by Gasteiger charge is 2.44. The fourth-order valence-corrected chi connectivity index (χ4v) is 5.07. The van der Waals surface area contributed by atoms with Crippen molar-refractivity contribution in [3.8, 4) is 22.6 Å². The summed E-state index contributed by atoms with van der Waals surface area (Å²) in [6.45, 7) is 9.15. The Morgan fingerprint density at radius 3 is 1.97 bits per heavy atom. The molecule has 2 nitrogen and oxygen atoms in total. The van der Waals surface area contributed by atoms with Crippen LogP contribution in [0.25, 0.3) is 21.9 Å². The van der Waals surface area contributed by atoms with Gasteiger partial charge < -0.3 is 10.2 Å². The standard InChI is InChI=1S/C27H32O2/c1-17(2)11-13-27(14-12-18(3)4)25-16-21(29)7-10-23(25)24-8-5-19-15-20(28)6-9-22(19)26(24)27/h5-10,15-18,28-29H,11-14H2,1-4H3. The summed E-state index contributed by atoms with van der Waals surface area (Å²) in [5.74, 6) is 1.89. The first-order chi connectivity index (χ1) is 13.8. The van der Waals surface area contributed by atoms with Gasteiger partial charge in [-0.2, -0.15) is 0 Å². The molecule has 0 saturated carbocycles. The first-order valence-electron chi connectivity index (χ1n) is 10.9. The van der Waals surface area contributed by atoms with E-state index in [4.69, 9.17) is 0 Å². The summed E-state index contributed by atoms with van der Waals surface area (Å²) in [7, 11) is 0. The molecule has 0 bridgehead atoms. The lowest BCUT2D eigenvalue weighted by atomic mass is 9.68. The van der Waals surface area contributed by atoms with Gasteiger partial charge in [-0.3, -0.25) is 0 Å². The molecule has 0 amide bonds. The minimum absolute atomic E-state index is 0.103. The molecular weight excluding hydrogens is 356 g/mol. The monoisotopic (exact) mass is 388 g/mol. The van der Waals surface area contributed by atoms with Crippen LogP contribution in [0.1, 0.15) is 64.5 Å². The number of benzene rings is 3. The molecule has 0 aliphatic heterocycles. The van der Waals surface area contributed by atoms with Crippen LogP contribution in [0.5, 0.6) is 11.5 Å². The maximum Gasteiger partial charge on any atom is 0.116 e. The SMILES string of the molecule is CC(C)CCC1(CCC(C)C)c2cc(O)ccc2-c2ccc3cc(O)ccc3c21. The zero-order valence-corrected chi connectivity index (χ0v) is 18.0. The molecule has 2 N–H and O–H groups in total. The molecule has 0 unspecified atom stereocenters. The first-order valence-corrected chi connectivity index (χ1v) is 10.9. The van der Waals surface area contributed by atoms with Crippen molar-refractivity contribution in [2.45, 2.75) is 58.8 Å². The zero-order chi connectivity index (χ0) is 20.8. The summed E-state index contributed by atoms with van der Waals surface area (Å²) in [6, 6.07) is 16.0. The number of fused-ring (bicyclic) bond motifs is 5. The van der Waals surface area contributed by atoms with Gasteiger partial charge in [0.15, 0.2) is 0 Å². The van der Waals surface area contributed by atoms with Gasteiger partial charge in [-0.25, -0.2) is 0 Å². The lowest BCUT2D eigenvalue weighted by molar-refractivity contribution is 0.364. The van der Waals surface area contributed by atoms with Crippen molar-refractivity contribution in [1.82, 2.24) is 0 Å². The highest BCUT2D eigenvalue weighted by Crippen LogP contribution is 2.57. The number of hydrogen-bond donors (Lipinski definition) is 2. The van der Waals surface area contributed by atoms with Crippen LogP contribution in [0.2, 0.25) is 0 Å². The van der Waals surface area contributed by atoms with E-state index in [0.29, 0.717) is 23.3 Å². The van der Waals surface area contributed by atoms with E-state index in [-0.39, 0.29) is 5.41 Å². The van der Waals surface area contributed by atoms with Gasteiger partial charge in [0.2, 0.25) is 0 Å². The molecule has 0 aromatic heterocycles. The quantitative estimate of drug-likeness (QED) is 0.462. The van der Waals surface area contributed by atoms with Gasteiger partial charge in [-0.1, -0.05) is 52.0 Å². The smallest absolute Gasteiger partial charge is 0.116 e. The first kappa shape index (κ1) is 19.8. The summed E-state index contributed by atoms with van der Waals surface area (Å²) in [5.41, 5.74) is 5.09. The minimum atomic E-state index is -0.103. The van der Waals surface area contributed by atoms with Crippen molar-refractivity contribution in [3.63, 3.8) is 0 Å². The molecule has 0 saturated heterocycles. The van der Waals surface area contributed by atoms with Crippen LogP contribution in [0, 0.1) is 11.8 Å². The third-order valence-corrected chi connectivity index (χ3v) is 6.59. The molecule has 1 aliphatic rings. The van der Waals surface area contributed by atoms with E-state index in [0.717, 1.165) is 31.1 Å². The molecule has 0 atom stereocenters. The van der Waals surface area contributed by atoms with Gasteiger partial charge >= 0.3 is 0 Å². The molecule has 0 heterocycles. The second-order valence-corrected chi connectivity index (χ2v) is 9.57. The Labute approximate surface area is 174 Å². The van der Waals surface area contributed by atoms with E-state index in [1.807, 2.05) is 18.2 Å². The number of phenolic OH excluding ortho intramolecular Hbond substituents is 2. The van der Waals surface area contributed by atoms with E-state index in [2.05, 4.69) is 52.0 Å². The summed E-state index contributed by atoms with van der Waals surface area (Å²) in [5, 5.41) is 22.7. The fraction of sp³-hybridized carbons (Fsp3) is 0.407. The Morgan fingerprint density at radius 2 is 1.31 bits per heavy atom. The highest BCUT2D eigenvalue weighted by molar-refractivity contribution is 5.98. The summed E-state index contributed by atoms with van der Waals surface area (Å²) < 4.78 is 0. The molecule has 2 heteroatoms. The third-order valence-electron chi connectivity index (χ3n) is 6.59. The van der Waals surface area contributed by atoms with Crippen molar-refractivity contribution in [2.24, 2.45) is 11.8 Å². The van der Waals surface area contributed by atoms with E-state index in [1.54, 1.807) is 6.07 Å². The molecular formula is C27H32O2. The topological polar surface area (TPSA) is 40.5 Å². The van der Waals surface area contributed by atoms with E-state index < -0.39 is 0 Å².